The molecule has 9 nitrogen and oxygen atoms in total. The quantitative estimate of drug-likeness (QED) is 0.593. The van der Waals surface area contributed by atoms with Gasteiger partial charge < -0.3 is 29.5 Å². The molecule has 202 valence electrons. The van der Waals surface area contributed by atoms with Crippen molar-refractivity contribution >= 4 is 46.2 Å². The Morgan fingerprint density at radius 1 is 0.946 bits per heavy atom. The van der Waals surface area contributed by atoms with E-state index in [-0.39, 0.29) is 18.2 Å². The van der Waals surface area contributed by atoms with E-state index < -0.39 is 11.2 Å². The van der Waals surface area contributed by atoms with Crippen LogP contribution in [-0.4, -0.2) is 78.6 Å². The first-order chi connectivity index (χ1) is 17.3. The highest BCUT2D eigenvalue weighted by atomic mass is 35.5. The number of ether oxygens (including phenoxy) is 2. The van der Waals surface area contributed by atoms with Gasteiger partial charge >= 0.3 is 12.2 Å². The van der Waals surface area contributed by atoms with E-state index in [1.807, 2.05) is 53.7 Å². The van der Waals surface area contributed by atoms with Gasteiger partial charge in [0, 0.05) is 50.3 Å². The minimum atomic E-state index is -0.516. The fourth-order valence-electron chi connectivity index (χ4n) is 4.56. The van der Waals surface area contributed by atoms with E-state index in [1.54, 1.807) is 4.90 Å². The van der Waals surface area contributed by atoms with Crippen molar-refractivity contribution in [2.24, 2.45) is 0 Å². The fourth-order valence-corrected chi connectivity index (χ4v) is 4.84. The third kappa shape index (κ3) is 7.09. The van der Waals surface area contributed by atoms with Crippen molar-refractivity contribution in [3.63, 3.8) is 0 Å². The average Bonchev–Trinajstić information content (AvgIpc) is 3.24. The summed E-state index contributed by atoms with van der Waals surface area (Å²) in [4.78, 5) is 35.5. The summed E-state index contributed by atoms with van der Waals surface area (Å²) in [7, 11) is 0. The number of nitrogens with zero attached hydrogens (tertiary/aromatic N) is 4. The first-order valence-electron chi connectivity index (χ1n) is 12.8. The van der Waals surface area contributed by atoms with Crippen LogP contribution in [-0.2, 0) is 9.47 Å². The molecule has 2 aromatic rings. The van der Waals surface area contributed by atoms with E-state index in [1.165, 1.54) is 0 Å². The normalized spacial score (nSPS) is 18.8. The van der Waals surface area contributed by atoms with Crippen molar-refractivity contribution in [3.05, 3.63) is 29.3 Å². The maximum atomic E-state index is 12.4. The Balaban J connectivity index is 1.39. The molecule has 1 N–H and O–H groups in total. The molecule has 2 aliphatic rings. The lowest BCUT2D eigenvalue weighted by atomic mass is 10.1. The Bertz CT molecular complexity index is 1150. The number of amides is 2. The van der Waals surface area contributed by atoms with Crippen molar-refractivity contribution in [3.8, 4) is 0 Å². The van der Waals surface area contributed by atoms with Crippen LogP contribution >= 0.6 is 11.6 Å². The molecule has 0 saturated carbocycles. The van der Waals surface area contributed by atoms with Crippen LogP contribution in [0.4, 0.5) is 21.1 Å². The van der Waals surface area contributed by atoms with Crippen LogP contribution in [0.3, 0.4) is 0 Å². The van der Waals surface area contributed by atoms with Crippen molar-refractivity contribution in [1.29, 1.82) is 0 Å². The molecule has 0 radical (unpaired) electrons. The summed E-state index contributed by atoms with van der Waals surface area (Å²) >= 11 is 6.68. The highest BCUT2D eigenvalue weighted by Crippen LogP contribution is 2.32. The van der Waals surface area contributed by atoms with Gasteiger partial charge in [-0.25, -0.2) is 14.6 Å². The first kappa shape index (κ1) is 27.1. The predicted octanol–water partition coefficient (Wildman–Crippen LogP) is 5.05. The molecular formula is C27H38ClN5O4. The molecule has 1 aromatic carbocycles. The zero-order chi connectivity index (χ0) is 27.0. The van der Waals surface area contributed by atoms with Gasteiger partial charge in [-0.3, -0.25) is 0 Å². The molecule has 2 amide bonds. The van der Waals surface area contributed by atoms with Crippen LogP contribution in [0.15, 0.2) is 24.3 Å². The maximum Gasteiger partial charge on any atom is 0.410 e. The number of nitrogens with one attached hydrogen (secondary N) is 1. The number of hydrogen-bond acceptors (Lipinski definition) is 7. The molecule has 1 atom stereocenters. The number of aromatic nitrogens is 1. The molecule has 1 aromatic heterocycles. The topological polar surface area (TPSA) is 87.2 Å². The Hall–Kier alpha value is -2.94. The zero-order valence-corrected chi connectivity index (χ0v) is 23.4. The Morgan fingerprint density at radius 3 is 2.27 bits per heavy atom. The van der Waals surface area contributed by atoms with Crippen LogP contribution in [0.1, 0.15) is 48.0 Å². The van der Waals surface area contributed by atoms with Gasteiger partial charge in [-0.2, -0.15) is 0 Å². The molecule has 0 unspecified atom stereocenters. The van der Waals surface area contributed by atoms with Crippen LogP contribution in [0.2, 0.25) is 5.02 Å². The lowest BCUT2D eigenvalue weighted by Crippen LogP contribution is -2.50. The Morgan fingerprint density at radius 2 is 1.62 bits per heavy atom. The molecule has 0 spiro atoms. The monoisotopic (exact) mass is 531 g/mol. The standard InChI is InChI=1S/C27H38ClN5O4/c1-26(2,3)36-24(34)29-19-9-10-33(17-19)20-7-8-22-18(15-20)16-21(28)23(30-22)31-11-13-32(14-12-31)25(35)37-27(4,5)6/h7-8,15-16,19H,9-14,17H2,1-6H3,(H,29,34)/t19-/m0/s1. The van der Waals surface area contributed by atoms with Crippen molar-refractivity contribution in [2.75, 3.05) is 49.1 Å². The molecule has 0 bridgehead atoms. The highest BCUT2D eigenvalue weighted by Gasteiger charge is 2.28. The van der Waals surface area contributed by atoms with Gasteiger partial charge in [0.1, 0.15) is 17.0 Å². The number of halogens is 1. The number of carbonyl (C=O) groups excluding carboxylic acids is 2. The maximum absolute atomic E-state index is 12.4. The highest BCUT2D eigenvalue weighted by molar-refractivity contribution is 6.33. The minimum absolute atomic E-state index is 0.0361. The number of piperazine rings is 1. The largest absolute Gasteiger partial charge is 0.444 e. The van der Waals surface area contributed by atoms with E-state index >= 15 is 0 Å². The smallest absolute Gasteiger partial charge is 0.410 e. The van der Waals surface area contributed by atoms with E-state index in [0.717, 1.165) is 35.4 Å². The summed E-state index contributed by atoms with van der Waals surface area (Å²) in [6.45, 7) is 15.1. The van der Waals surface area contributed by atoms with Crippen LogP contribution < -0.4 is 15.1 Å². The fraction of sp³-hybridized carbons (Fsp3) is 0.593. The molecule has 3 heterocycles. The molecule has 4 rings (SSSR count). The number of anilines is 2. The third-order valence-corrected chi connectivity index (χ3v) is 6.52. The van der Waals surface area contributed by atoms with E-state index in [9.17, 15) is 9.59 Å². The molecule has 10 heteroatoms. The van der Waals surface area contributed by atoms with Gasteiger partial charge in [0.25, 0.3) is 0 Å². The molecule has 2 fully saturated rings. The second kappa shape index (κ2) is 10.4. The summed E-state index contributed by atoms with van der Waals surface area (Å²) in [5, 5.41) is 4.52. The zero-order valence-electron chi connectivity index (χ0n) is 22.6. The summed E-state index contributed by atoms with van der Waals surface area (Å²) in [6, 6.07) is 8.15. The Labute approximate surface area is 224 Å². The SMILES string of the molecule is CC(C)(C)OC(=O)N[C@H]1CCN(c2ccc3nc(N4CCN(C(=O)OC(C)(C)C)CC4)c(Cl)cc3c2)C1. The molecule has 2 aliphatic heterocycles. The number of benzene rings is 1. The number of pyridine rings is 1. The van der Waals surface area contributed by atoms with Gasteiger partial charge in [-0.15, -0.1) is 0 Å². The molecule has 0 aliphatic carbocycles. The van der Waals surface area contributed by atoms with Gasteiger partial charge in [0.2, 0.25) is 0 Å². The Kier molecular flexibility index (Phi) is 7.65. The van der Waals surface area contributed by atoms with E-state index in [0.29, 0.717) is 37.7 Å². The van der Waals surface area contributed by atoms with Crippen LogP contribution in [0.5, 0.6) is 0 Å². The predicted molar refractivity (Wildman–Crippen MR) is 147 cm³/mol. The third-order valence-electron chi connectivity index (χ3n) is 6.24. The lowest BCUT2D eigenvalue weighted by Gasteiger charge is -2.36. The van der Waals surface area contributed by atoms with E-state index in [2.05, 4.69) is 27.2 Å². The van der Waals surface area contributed by atoms with Crippen LogP contribution in [0, 0.1) is 0 Å². The molecular weight excluding hydrogens is 494 g/mol. The van der Waals surface area contributed by atoms with Crippen molar-refractivity contribution < 1.29 is 19.1 Å². The number of fused-ring (bicyclic) bond motifs is 1. The summed E-state index contributed by atoms with van der Waals surface area (Å²) < 4.78 is 10.9. The number of rotatable bonds is 3. The van der Waals surface area contributed by atoms with E-state index in [4.69, 9.17) is 26.1 Å². The van der Waals surface area contributed by atoms with Crippen molar-refractivity contribution in [2.45, 2.75) is 65.2 Å². The summed E-state index contributed by atoms with van der Waals surface area (Å²) in [5.41, 5.74) is 0.899. The minimum Gasteiger partial charge on any atom is -0.444 e. The first-order valence-corrected chi connectivity index (χ1v) is 13.2. The second-order valence-electron chi connectivity index (χ2n) is 11.7. The average molecular weight is 532 g/mol. The number of hydrogen-bond donors (Lipinski definition) is 1. The van der Waals surface area contributed by atoms with Gasteiger partial charge in [-0.05, 0) is 72.2 Å². The molecule has 2 saturated heterocycles. The van der Waals surface area contributed by atoms with Gasteiger partial charge in [0.05, 0.1) is 16.6 Å². The second-order valence-corrected chi connectivity index (χ2v) is 12.1. The number of carbonyl (C=O) groups is 2. The molecule has 37 heavy (non-hydrogen) atoms. The lowest BCUT2D eigenvalue weighted by molar-refractivity contribution is 0.0240. The van der Waals surface area contributed by atoms with Crippen LogP contribution in [0.25, 0.3) is 10.9 Å². The number of alkyl carbamates (subject to hydrolysis) is 1. The van der Waals surface area contributed by atoms with Gasteiger partial charge in [-0.1, -0.05) is 11.6 Å². The summed E-state index contributed by atoms with van der Waals surface area (Å²) in [6.07, 6.45) is 0.181. The van der Waals surface area contributed by atoms with Gasteiger partial charge in [0.15, 0.2) is 0 Å². The summed E-state index contributed by atoms with van der Waals surface area (Å²) in [5.74, 6) is 0.730. The van der Waals surface area contributed by atoms with Crippen molar-refractivity contribution in [1.82, 2.24) is 15.2 Å².